The molecule has 4 nitrogen and oxygen atoms in total. The predicted molar refractivity (Wildman–Crippen MR) is 64.6 cm³/mol. The number of anilines is 2. The Morgan fingerprint density at radius 1 is 1.44 bits per heavy atom. The van der Waals surface area contributed by atoms with Crippen LogP contribution in [0.2, 0.25) is 0 Å². The van der Waals surface area contributed by atoms with Crippen LogP contribution in [-0.2, 0) is 4.79 Å². The average molecular weight is 219 g/mol. The fourth-order valence-electron chi connectivity index (χ4n) is 1.85. The minimum absolute atomic E-state index is 0.200. The quantitative estimate of drug-likeness (QED) is 0.846. The fraction of sp³-hybridized carbons (Fsp3) is 0.500. The van der Waals surface area contributed by atoms with Crippen LogP contribution in [0.4, 0.5) is 11.5 Å². The second-order valence-corrected chi connectivity index (χ2v) is 4.35. The highest BCUT2D eigenvalue weighted by atomic mass is 16.2. The number of hydrogen-bond donors (Lipinski definition) is 1. The maximum absolute atomic E-state index is 11.5. The first-order valence-corrected chi connectivity index (χ1v) is 5.70. The third-order valence-electron chi connectivity index (χ3n) is 2.57. The summed E-state index contributed by atoms with van der Waals surface area (Å²) < 4.78 is 0. The van der Waals surface area contributed by atoms with Gasteiger partial charge in [-0.15, -0.1) is 0 Å². The van der Waals surface area contributed by atoms with Crippen LogP contribution >= 0.6 is 0 Å². The molecule has 2 heterocycles. The largest absolute Gasteiger partial charge is 0.368 e. The molecule has 0 atom stereocenters. The first-order chi connectivity index (χ1) is 7.66. The van der Waals surface area contributed by atoms with Crippen LogP contribution in [0.3, 0.4) is 0 Å². The van der Waals surface area contributed by atoms with Gasteiger partial charge < -0.3 is 10.2 Å². The van der Waals surface area contributed by atoms with Crippen LogP contribution in [-0.4, -0.2) is 23.5 Å². The van der Waals surface area contributed by atoms with Gasteiger partial charge in [0.05, 0.1) is 11.9 Å². The highest BCUT2D eigenvalue weighted by molar-refractivity contribution is 5.95. The van der Waals surface area contributed by atoms with Crippen molar-refractivity contribution in [2.75, 3.05) is 16.8 Å². The third kappa shape index (κ3) is 2.32. The van der Waals surface area contributed by atoms with E-state index in [0.29, 0.717) is 12.5 Å². The van der Waals surface area contributed by atoms with Gasteiger partial charge in [-0.2, -0.15) is 0 Å². The lowest BCUT2D eigenvalue weighted by molar-refractivity contribution is -0.117. The van der Waals surface area contributed by atoms with Crippen molar-refractivity contribution in [3.63, 3.8) is 0 Å². The summed E-state index contributed by atoms with van der Waals surface area (Å²) >= 11 is 0. The summed E-state index contributed by atoms with van der Waals surface area (Å²) in [6, 6.07) is 4.23. The number of hydrogen-bond acceptors (Lipinski definition) is 3. The number of rotatable bonds is 3. The molecule has 0 saturated carbocycles. The molecule has 1 aromatic heterocycles. The highest BCUT2D eigenvalue weighted by Gasteiger charge is 2.21. The zero-order valence-electron chi connectivity index (χ0n) is 9.73. The van der Waals surface area contributed by atoms with Crippen molar-refractivity contribution in [2.45, 2.75) is 32.7 Å². The number of pyridine rings is 1. The molecule has 0 aromatic carbocycles. The van der Waals surface area contributed by atoms with Gasteiger partial charge in [-0.1, -0.05) is 0 Å². The molecule has 0 radical (unpaired) electrons. The molecule has 1 fully saturated rings. The van der Waals surface area contributed by atoms with E-state index >= 15 is 0 Å². The number of carbonyl (C=O) groups excluding carboxylic acids is 1. The molecule has 0 unspecified atom stereocenters. The lowest BCUT2D eigenvalue weighted by Crippen LogP contribution is -2.23. The van der Waals surface area contributed by atoms with Crippen molar-refractivity contribution < 1.29 is 4.79 Å². The molecule has 0 aliphatic carbocycles. The molecule has 1 amide bonds. The molecule has 1 saturated heterocycles. The summed E-state index contributed by atoms with van der Waals surface area (Å²) in [7, 11) is 0. The van der Waals surface area contributed by atoms with Crippen LogP contribution in [0.1, 0.15) is 26.7 Å². The van der Waals surface area contributed by atoms with Gasteiger partial charge >= 0.3 is 0 Å². The third-order valence-corrected chi connectivity index (χ3v) is 2.57. The Morgan fingerprint density at radius 3 is 2.75 bits per heavy atom. The average Bonchev–Trinajstić information content (AvgIpc) is 2.65. The summed E-state index contributed by atoms with van der Waals surface area (Å²) in [4.78, 5) is 17.6. The van der Waals surface area contributed by atoms with Crippen LogP contribution in [0.5, 0.6) is 0 Å². The zero-order chi connectivity index (χ0) is 11.5. The molecule has 16 heavy (non-hydrogen) atoms. The molecule has 1 N–H and O–H groups in total. The smallest absolute Gasteiger partial charge is 0.227 e. The molecule has 2 rings (SSSR count). The second-order valence-electron chi connectivity index (χ2n) is 4.35. The maximum Gasteiger partial charge on any atom is 0.227 e. The Kier molecular flexibility index (Phi) is 3.08. The molecule has 1 aliphatic heterocycles. The molecule has 86 valence electrons. The van der Waals surface area contributed by atoms with Gasteiger partial charge in [0.1, 0.15) is 5.82 Å². The Bertz CT molecular complexity index is 372. The van der Waals surface area contributed by atoms with E-state index in [-0.39, 0.29) is 5.91 Å². The van der Waals surface area contributed by atoms with Crippen molar-refractivity contribution in [3.8, 4) is 0 Å². The van der Waals surface area contributed by atoms with Crippen LogP contribution in [0, 0.1) is 0 Å². The monoisotopic (exact) mass is 219 g/mol. The van der Waals surface area contributed by atoms with E-state index in [1.165, 1.54) is 0 Å². The number of nitrogens with one attached hydrogen (secondary N) is 1. The summed E-state index contributed by atoms with van der Waals surface area (Å²) in [6.07, 6.45) is 3.37. The van der Waals surface area contributed by atoms with Crippen molar-refractivity contribution in [1.29, 1.82) is 0 Å². The first kappa shape index (κ1) is 10.9. The van der Waals surface area contributed by atoms with Crippen LogP contribution in [0.15, 0.2) is 18.3 Å². The maximum atomic E-state index is 11.5. The molecule has 0 bridgehead atoms. The zero-order valence-corrected chi connectivity index (χ0v) is 9.73. The van der Waals surface area contributed by atoms with Gasteiger partial charge in [-0.25, -0.2) is 4.98 Å². The minimum atomic E-state index is 0.200. The van der Waals surface area contributed by atoms with E-state index in [4.69, 9.17) is 0 Å². The molecular formula is C12H17N3O. The van der Waals surface area contributed by atoms with Gasteiger partial charge in [-0.3, -0.25) is 4.79 Å². The highest BCUT2D eigenvalue weighted by Crippen LogP contribution is 2.21. The fourth-order valence-corrected chi connectivity index (χ4v) is 1.85. The van der Waals surface area contributed by atoms with Gasteiger partial charge in [-0.05, 0) is 32.4 Å². The number of amides is 1. The lowest BCUT2D eigenvalue weighted by Gasteiger charge is -2.16. The van der Waals surface area contributed by atoms with E-state index in [1.54, 1.807) is 11.1 Å². The molecule has 1 aromatic rings. The standard InChI is InChI=1S/C12H17N3O/c1-9(2)14-11-6-5-10(8-13-11)15-7-3-4-12(15)16/h5-6,8-9H,3-4,7H2,1-2H3,(H,13,14). The summed E-state index contributed by atoms with van der Waals surface area (Å²) in [5.74, 6) is 1.05. The number of nitrogens with zero attached hydrogens (tertiary/aromatic N) is 2. The number of carbonyl (C=O) groups is 1. The van der Waals surface area contributed by atoms with E-state index in [9.17, 15) is 4.79 Å². The SMILES string of the molecule is CC(C)Nc1ccc(N2CCCC2=O)cn1. The molecular weight excluding hydrogens is 202 g/mol. The van der Waals surface area contributed by atoms with Crippen molar-refractivity contribution in [1.82, 2.24) is 4.98 Å². The van der Waals surface area contributed by atoms with Gasteiger partial charge in [0.15, 0.2) is 0 Å². The number of aromatic nitrogens is 1. The van der Waals surface area contributed by atoms with E-state index in [0.717, 1.165) is 24.5 Å². The Hall–Kier alpha value is -1.58. The molecule has 1 aliphatic rings. The molecule has 4 heteroatoms. The van der Waals surface area contributed by atoms with Gasteiger partial charge in [0.25, 0.3) is 0 Å². The van der Waals surface area contributed by atoms with Crippen molar-refractivity contribution in [3.05, 3.63) is 18.3 Å². The topological polar surface area (TPSA) is 45.2 Å². The van der Waals surface area contributed by atoms with E-state index < -0.39 is 0 Å². The predicted octanol–water partition coefficient (Wildman–Crippen LogP) is 2.03. The summed E-state index contributed by atoms with van der Waals surface area (Å²) in [5.41, 5.74) is 0.900. The minimum Gasteiger partial charge on any atom is -0.368 e. The van der Waals surface area contributed by atoms with Crippen LogP contribution < -0.4 is 10.2 Å². The Morgan fingerprint density at radius 2 is 2.25 bits per heavy atom. The first-order valence-electron chi connectivity index (χ1n) is 5.70. The van der Waals surface area contributed by atoms with Crippen molar-refractivity contribution in [2.24, 2.45) is 0 Å². The Labute approximate surface area is 95.7 Å². The molecule has 0 spiro atoms. The summed E-state index contributed by atoms with van der Waals surface area (Å²) in [5, 5.41) is 3.22. The normalized spacial score (nSPS) is 15.9. The lowest BCUT2D eigenvalue weighted by atomic mass is 10.3. The summed E-state index contributed by atoms with van der Waals surface area (Å²) in [6.45, 7) is 4.96. The van der Waals surface area contributed by atoms with E-state index in [1.807, 2.05) is 12.1 Å². The second kappa shape index (κ2) is 4.51. The Balaban J connectivity index is 2.09. The van der Waals surface area contributed by atoms with Gasteiger partial charge in [0, 0.05) is 19.0 Å². The van der Waals surface area contributed by atoms with E-state index in [2.05, 4.69) is 24.1 Å². The van der Waals surface area contributed by atoms with Gasteiger partial charge in [0.2, 0.25) is 5.91 Å². The van der Waals surface area contributed by atoms with Crippen molar-refractivity contribution >= 4 is 17.4 Å². The van der Waals surface area contributed by atoms with Crippen LogP contribution in [0.25, 0.3) is 0 Å².